The zero-order valence-corrected chi connectivity index (χ0v) is 35.7. The van der Waals surface area contributed by atoms with E-state index in [1.54, 1.807) is 0 Å². The van der Waals surface area contributed by atoms with Crippen LogP contribution in [-0.2, 0) is 20.1 Å². The Kier molecular flexibility index (Phi) is 12.4. The topological polar surface area (TPSA) is 30.7 Å². The van der Waals surface area contributed by atoms with E-state index in [1.807, 2.05) is 48.8 Å². The van der Waals surface area contributed by atoms with Crippen molar-refractivity contribution in [1.82, 2.24) is 14.5 Å². The summed E-state index contributed by atoms with van der Waals surface area (Å²) >= 11 is -0.590. The number of benzene rings is 6. The quantitative estimate of drug-likeness (QED) is 0.118. The van der Waals surface area contributed by atoms with E-state index < -0.39 is 20.4 Å². The molecule has 1 radical (unpaired) electrons. The van der Waals surface area contributed by atoms with E-state index in [0.717, 1.165) is 22.5 Å². The van der Waals surface area contributed by atoms with Crippen LogP contribution < -0.4 is 0 Å². The van der Waals surface area contributed by atoms with E-state index in [0.29, 0.717) is 11.8 Å². The van der Waals surface area contributed by atoms with Gasteiger partial charge in [0.05, 0.1) is 5.82 Å². The Morgan fingerprint density at radius 3 is 1.85 bits per heavy atom. The zero-order chi connectivity index (χ0) is 36.2. The predicted octanol–water partition coefficient (Wildman–Crippen LogP) is 12.3. The van der Waals surface area contributed by atoms with Gasteiger partial charge in [-0.3, -0.25) is 4.98 Å². The van der Waals surface area contributed by atoms with Gasteiger partial charge in [-0.2, -0.15) is 0 Å². The zero-order valence-electron chi connectivity index (χ0n) is 31.0. The second-order valence-electron chi connectivity index (χ2n) is 13.8. The van der Waals surface area contributed by atoms with Gasteiger partial charge in [0.2, 0.25) is 0 Å². The van der Waals surface area contributed by atoms with Gasteiger partial charge < -0.3 is 4.57 Å². The van der Waals surface area contributed by atoms with Gasteiger partial charge in [0, 0.05) is 38.2 Å². The molecule has 0 saturated carbocycles. The standard InChI is InChI=1S/C31H28NTe.C17H15N2.Ir/c1-20(2)26-18-24(22-12-7-5-8-13-22)19-27(21(3)4)29(26)25-16-11-17-28-30(25)33-31(32-28)23-14-9-6-10-15-23;1-13-7-6-8-14(2)16(13)19-12-11-18-17(19)15-9-4-3-5-10-15;/h5-14,16-21H,1-4H3;3-9,11-12H,1-2H3;/q2*-1;. The third-order valence-corrected chi connectivity index (χ3v) is 12.7. The van der Waals surface area contributed by atoms with Crippen LogP contribution in [-0.4, -0.2) is 35.0 Å². The van der Waals surface area contributed by atoms with Gasteiger partial charge in [0.15, 0.2) is 0 Å². The summed E-state index contributed by atoms with van der Waals surface area (Å²) in [4.78, 5) is 9.54. The molecule has 8 rings (SSSR count). The molecule has 6 aromatic carbocycles. The second-order valence-corrected chi connectivity index (χ2v) is 16.6. The molecule has 5 heteroatoms. The number of imidazole rings is 1. The molecule has 8 aromatic rings. The molecule has 0 fully saturated rings. The number of fused-ring (bicyclic) bond motifs is 1. The number of hydrogen-bond donors (Lipinski definition) is 0. The van der Waals surface area contributed by atoms with E-state index in [2.05, 4.69) is 154 Å². The summed E-state index contributed by atoms with van der Waals surface area (Å²) in [6.07, 6.45) is 3.84. The molecule has 0 aliphatic heterocycles. The third-order valence-electron chi connectivity index (χ3n) is 9.45. The smallest absolute Gasteiger partial charge is 0.0602 e. The van der Waals surface area contributed by atoms with Crippen molar-refractivity contribution >= 4 is 29.3 Å². The number of aromatic nitrogens is 3. The van der Waals surface area contributed by atoms with Crippen molar-refractivity contribution in [3.8, 4) is 48.6 Å². The number of nitrogens with zero attached hydrogens (tertiary/aromatic N) is 3. The van der Waals surface area contributed by atoms with Crippen LogP contribution in [0.25, 0.3) is 57.5 Å². The molecule has 2 aromatic heterocycles. The van der Waals surface area contributed by atoms with E-state index in [9.17, 15) is 0 Å². The third kappa shape index (κ3) is 8.25. The minimum atomic E-state index is -0.590. The van der Waals surface area contributed by atoms with Gasteiger partial charge in [-0.1, -0.05) is 18.2 Å². The van der Waals surface area contributed by atoms with E-state index in [4.69, 9.17) is 4.98 Å². The van der Waals surface area contributed by atoms with Gasteiger partial charge in [-0.25, -0.2) is 0 Å². The fraction of sp³-hybridized carbons (Fsp3) is 0.167. The number of aryl methyl sites for hydroxylation is 2. The van der Waals surface area contributed by atoms with Gasteiger partial charge >= 0.3 is 208 Å². The van der Waals surface area contributed by atoms with Crippen molar-refractivity contribution in [1.29, 1.82) is 0 Å². The van der Waals surface area contributed by atoms with E-state index in [1.165, 1.54) is 57.3 Å². The van der Waals surface area contributed by atoms with Crippen molar-refractivity contribution in [2.24, 2.45) is 0 Å². The largest absolute Gasteiger partial charge is 0.340 e. The molecule has 0 aliphatic rings. The molecule has 0 spiro atoms. The maximum absolute atomic E-state index is 5.07. The first-order chi connectivity index (χ1) is 25.3. The van der Waals surface area contributed by atoms with Gasteiger partial charge in [-0.15, -0.1) is 35.9 Å². The van der Waals surface area contributed by atoms with Crippen LogP contribution >= 0.6 is 0 Å². The Labute approximate surface area is 337 Å². The van der Waals surface area contributed by atoms with E-state index in [-0.39, 0.29) is 20.1 Å². The van der Waals surface area contributed by atoms with Crippen molar-refractivity contribution in [2.75, 3.05) is 0 Å². The number of rotatable bonds is 7. The van der Waals surface area contributed by atoms with Crippen molar-refractivity contribution < 1.29 is 20.1 Å². The first-order valence-corrected chi connectivity index (χ1v) is 20.3. The van der Waals surface area contributed by atoms with Crippen LogP contribution in [0.5, 0.6) is 0 Å². The first-order valence-electron chi connectivity index (χ1n) is 18.0. The molecular formula is C48H43IrN3Te-2. The minimum Gasteiger partial charge on any atom is -0.340 e. The van der Waals surface area contributed by atoms with Crippen LogP contribution in [0.2, 0.25) is 0 Å². The normalized spacial score (nSPS) is 11.0. The predicted molar refractivity (Wildman–Crippen MR) is 219 cm³/mol. The molecule has 0 aliphatic carbocycles. The molecule has 53 heavy (non-hydrogen) atoms. The number of hydrogen-bond acceptors (Lipinski definition) is 2. The molecule has 267 valence electrons. The van der Waals surface area contributed by atoms with Crippen LogP contribution in [0.3, 0.4) is 0 Å². The summed E-state index contributed by atoms with van der Waals surface area (Å²) in [7, 11) is 0. The molecule has 0 bridgehead atoms. The van der Waals surface area contributed by atoms with Gasteiger partial charge in [-0.05, 0) is 25.0 Å². The van der Waals surface area contributed by atoms with Crippen LogP contribution in [0, 0.1) is 26.0 Å². The van der Waals surface area contributed by atoms with Crippen LogP contribution in [0.4, 0.5) is 0 Å². The average Bonchev–Trinajstić information content (AvgIpc) is 3.84. The second kappa shape index (κ2) is 17.2. The monoisotopic (exact) mass is 984 g/mol. The molecule has 0 N–H and O–H groups in total. The first kappa shape index (κ1) is 38.4. The summed E-state index contributed by atoms with van der Waals surface area (Å²) in [6.45, 7) is 13.5. The molecular weight excluding hydrogens is 938 g/mol. The summed E-state index contributed by atoms with van der Waals surface area (Å²) in [5, 5.41) is 0. The Bertz CT molecular complexity index is 2380. The van der Waals surface area contributed by atoms with Gasteiger partial charge in [0.25, 0.3) is 0 Å². The summed E-state index contributed by atoms with van der Waals surface area (Å²) in [5.41, 5.74) is 15.3. The Morgan fingerprint density at radius 2 is 1.25 bits per heavy atom. The summed E-state index contributed by atoms with van der Waals surface area (Å²) in [6, 6.07) is 51.4. The molecule has 0 amide bonds. The molecule has 0 atom stereocenters. The number of para-hydroxylation sites is 1. The molecule has 3 nitrogen and oxygen atoms in total. The van der Waals surface area contributed by atoms with Crippen LogP contribution in [0.15, 0.2) is 140 Å². The summed E-state index contributed by atoms with van der Waals surface area (Å²) in [5.74, 6) is 1.79. The fourth-order valence-corrected chi connectivity index (χ4v) is 9.96. The SMILES string of the molecule is CC(C)c1cc(-c2ccccc2)cc(C(C)C)c1-c1cccc2nc(-c3[c-]cccc3)[te]c12.Cc1cccc(C)c1-n1ccnc1-c1[c-]cccc1.[Ir]. The minimum absolute atomic E-state index is 0. The van der Waals surface area contributed by atoms with Gasteiger partial charge in [0.1, 0.15) is 0 Å². The van der Waals surface area contributed by atoms with Crippen molar-refractivity contribution in [2.45, 2.75) is 53.4 Å². The van der Waals surface area contributed by atoms with Crippen molar-refractivity contribution in [3.05, 3.63) is 174 Å². The average molecular weight is 982 g/mol. The maximum atomic E-state index is 5.07. The van der Waals surface area contributed by atoms with Crippen LogP contribution in [0.1, 0.15) is 61.8 Å². The summed E-state index contributed by atoms with van der Waals surface area (Å²) < 4.78 is 4.84. The van der Waals surface area contributed by atoms with E-state index >= 15 is 0 Å². The molecule has 0 saturated heterocycles. The molecule has 0 unspecified atom stereocenters. The molecule has 2 heterocycles. The Morgan fingerprint density at radius 1 is 0.642 bits per heavy atom. The Hall–Kier alpha value is -4.36. The fourth-order valence-electron chi connectivity index (χ4n) is 6.90. The maximum Gasteiger partial charge on any atom is 0.0602 e. The van der Waals surface area contributed by atoms with Crippen molar-refractivity contribution in [3.63, 3.8) is 0 Å². The Balaban J connectivity index is 0.000000204.